The highest BCUT2D eigenvalue weighted by molar-refractivity contribution is 6.01. The fourth-order valence-corrected chi connectivity index (χ4v) is 3.85. The molecule has 4 aromatic rings. The van der Waals surface area contributed by atoms with Gasteiger partial charge in [-0.25, -0.2) is 9.50 Å². The van der Waals surface area contributed by atoms with Crippen LogP contribution in [0.3, 0.4) is 0 Å². The van der Waals surface area contributed by atoms with E-state index >= 15 is 0 Å². The first-order chi connectivity index (χ1) is 12.7. The van der Waals surface area contributed by atoms with Crippen molar-refractivity contribution in [1.29, 1.82) is 0 Å². The quantitative estimate of drug-likeness (QED) is 0.605. The molecule has 1 N–H and O–H groups in total. The van der Waals surface area contributed by atoms with Gasteiger partial charge in [-0.2, -0.15) is 5.10 Å². The van der Waals surface area contributed by atoms with Crippen molar-refractivity contribution < 1.29 is 4.79 Å². The number of imidazole rings is 1. The SMILES string of the molecule is Cc1ccc2nc([C@H]3CCCN3C(=O)c3cnn4ccccc34)[nH]c2c1. The number of carbonyl (C=O) groups excluding carboxylic acids is 1. The molecule has 1 aliphatic heterocycles. The lowest BCUT2D eigenvalue weighted by atomic mass is 10.2. The molecule has 3 aromatic heterocycles. The first kappa shape index (κ1) is 15.1. The second kappa shape index (κ2) is 5.69. The molecule has 5 rings (SSSR count). The number of carbonyl (C=O) groups is 1. The van der Waals surface area contributed by atoms with E-state index in [1.807, 2.05) is 35.4 Å². The Kier molecular flexibility index (Phi) is 3.31. The van der Waals surface area contributed by atoms with Crippen molar-refractivity contribution in [2.45, 2.75) is 25.8 Å². The van der Waals surface area contributed by atoms with Crippen molar-refractivity contribution in [3.63, 3.8) is 0 Å². The summed E-state index contributed by atoms with van der Waals surface area (Å²) in [5.41, 5.74) is 4.64. The number of likely N-dealkylation sites (tertiary alicyclic amines) is 1. The molecule has 1 saturated heterocycles. The molecule has 1 fully saturated rings. The Morgan fingerprint density at radius 3 is 3.12 bits per heavy atom. The molecule has 0 bridgehead atoms. The van der Waals surface area contributed by atoms with Crippen LogP contribution >= 0.6 is 0 Å². The van der Waals surface area contributed by atoms with Gasteiger partial charge in [-0.15, -0.1) is 0 Å². The lowest BCUT2D eigenvalue weighted by molar-refractivity contribution is 0.0732. The van der Waals surface area contributed by atoms with Crippen molar-refractivity contribution >= 4 is 22.5 Å². The zero-order chi connectivity index (χ0) is 17.7. The Morgan fingerprint density at radius 2 is 2.19 bits per heavy atom. The molecule has 1 atom stereocenters. The number of amides is 1. The molecular formula is C20H19N5O. The van der Waals surface area contributed by atoms with E-state index in [1.165, 1.54) is 5.56 Å². The van der Waals surface area contributed by atoms with Gasteiger partial charge in [0.2, 0.25) is 0 Å². The topological polar surface area (TPSA) is 66.3 Å². The Bertz CT molecular complexity index is 1130. The molecule has 4 heterocycles. The molecule has 6 nitrogen and oxygen atoms in total. The number of rotatable bonds is 2. The van der Waals surface area contributed by atoms with Crippen LogP contribution in [-0.2, 0) is 0 Å². The van der Waals surface area contributed by atoms with Crippen LogP contribution in [0.4, 0.5) is 0 Å². The molecular weight excluding hydrogens is 326 g/mol. The summed E-state index contributed by atoms with van der Waals surface area (Å²) in [5.74, 6) is 0.887. The van der Waals surface area contributed by atoms with Crippen molar-refractivity contribution in [3.05, 3.63) is 65.7 Å². The molecule has 1 aromatic carbocycles. The standard InChI is InChI=1S/C20H19N5O/c1-13-7-8-15-16(11-13)23-19(22-15)18-6-4-9-24(18)20(26)14-12-21-25-10-3-2-5-17(14)25/h2-3,5,7-8,10-12,18H,4,6,9H2,1H3,(H,22,23)/t18-/m1/s1. The molecule has 0 spiro atoms. The fraction of sp³-hybridized carbons (Fsp3) is 0.250. The van der Waals surface area contributed by atoms with Gasteiger partial charge < -0.3 is 9.88 Å². The average Bonchev–Trinajstić information content (AvgIpc) is 3.37. The maximum atomic E-state index is 13.2. The number of fused-ring (bicyclic) bond motifs is 2. The summed E-state index contributed by atoms with van der Waals surface area (Å²) < 4.78 is 1.74. The van der Waals surface area contributed by atoms with Crippen molar-refractivity contribution in [2.24, 2.45) is 0 Å². The minimum atomic E-state index is -0.0196. The lowest BCUT2D eigenvalue weighted by Crippen LogP contribution is -2.31. The number of aromatic nitrogens is 4. The summed E-state index contributed by atoms with van der Waals surface area (Å²) in [7, 11) is 0. The zero-order valence-electron chi connectivity index (χ0n) is 14.5. The Labute approximate surface area is 150 Å². The highest BCUT2D eigenvalue weighted by atomic mass is 16.2. The zero-order valence-corrected chi connectivity index (χ0v) is 14.5. The van der Waals surface area contributed by atoms with Gasteiger partial charge in [-0.3, -0.25) is 4.79 Å². The normalized spacial score (nSPS) is 17.4. The number of H-pyrrole nitrogens is 1. The monoisotopic (exact) mass is 345 g/mol. The molecule has 6 heteroatoms. The predicted octanol–water partition coefficient (Wildman–Crippen LogP) is 3.50. The second-order valence-electron chi connectivity index (χ2n) is 6.89. The van der Waals surface area contributed by atoms with E-state index < -0.39 is 0 Å². The van der Waals surface area contributed by atoms with Crippen LogP contribution in [-0.4, -0.2) is 36.9 Å². The second-order valence-corrected chi connectivity index (χ2v) is 6.89. The van der Waals surface area contributed by atoms with E-state index in [2.05, 4.69) is 29.1 Å². The number of hydrogen-bond donors (Lipinski definition) is 1. The van der Waals surface area contributed by atoms with E-state index in [-0.39, 0.29) is 11.9 Å². The van der Waals surface area contributed by atoms with Crippen LogP contribution < -0.4 is 0 Å². The third-order valence-corrected chi connectivity index (χ3v) is 5.14. The first-order valence-corrected chi connectivity index (χ1v) is 8.90. The lowest BCUT2D eigenvalue weighted by Gasteiger charge is -2.22. The largest absolute Gasteiger partial charge is 0.340 e. The van der Waals surface area contributed by atoms with Gasteiger partial charge in [-0.05, 0) is 49.6 Å². The van der Waals surface area contributed by atoms with Gasteiger partial charge in [0.05, 0.1) is 34.4 Å². The molecule has 26 heavy (non-hydrogen) atoms. The van der Waals surface area contributed by atoms with Crippen LogP contribution in [0.15, 0.2) is 48.8 Å². The first-order valence-electron chi connectivity index (χ1n) is 8.90. The number of hydrogen-bond acceptors (Lipinski definition) is 3. The van der Waals surface area contributed by atoms with E-state index in [4.69, 9.17) is 4.98 Å². The highest BCUT2D eigenvalue weighted by Crippen LogP contribution is 2.33. The molecule has 0 aliphatic carbocycles. The Morgan fingerprint density at radius 1 is 1.27 bits per heavy atom. The van der Waals surface area contributed by atoms with E-state index in [0.29, 0.717) is 5.56 Å². The average molecular weight is 345 g/mol. The molecule has 1 amide bonds. The van der Waals surface area contributed by atoms with Gasteiger partial charge >= 0.3 is 0 Å². The number of nitrogens with zero attached hydrogens (tertiary/aromatic N) is 4. The number of aryl methyl sites for hydroxylation is 1. The van der Waals surface area contributed by atoms with Gasteiger partial charge in [0.25, 0.3) is 5.91 Å². The van der Waals surface area contributed by atoms with Crippen LogP contribution in [0, 0.1) is 6.92 Å². The van der Waals surface area contributed by atoms with E-state index in [1.54, 1.807) is 10.7 Å². The summed E-state index contributed by atoms with van der Waals surface area (Å²) in [6.07, 6.45) is 5.42. The van der Waals surface area contributed by atoms with Crippen molar-refractivity contribution in [3.8, 4) is 0 Å². The summed E-state index contributed by atoms with van der Waals surface area (Å²) >= 11 is 0. The minimum Gasteiger partial charge on any atom is -0.340 e. The summed E-state index contributed by atoms with van der Waals surface area (Å²) in [4.78, 5) is 23.3. The van der Waals surface area contributed by atoms with E-state index in [9.17, 15) is 4.79 Å². The third kappa shape index (κ3) is 2.29. The number of aromatic amines is 1. The van der Waals surface area contributed by atoms with Crippen LogP contribution in [0.1, 0.15) is 40.6 Å². The van der Waals surface area contributed by atoms with Gasteiger partial charge in [-0.1, -0.05) is 12.1 Å². The highest BCUT2D eigenvalue weighted by Gasteiger charge is 2.33. The van der Waals surface area contributed by atoms with Gasteiger partial charge in [0.15, 0.2) is 0 Å². The smallest absolute Gasteiger partial charge is 0.258 e. The van der Waals surface area contributed by atoms with E-state index in [0.717, 1.165) is 41.8 Å². The Hall–Kier alpha value is -3.15. The van der Waals surface area contributed by atoms with Gasteiger partial charge in [0, 0.05) is 12.7 Å². The predicted molar refractivity (Wildman–Crippen MR) is 99.0 cm³/mol. The van der Waals surface area contributed by atoms with Gasteiger partial charge in [0.1, 0.15) is 5.82 Å². The molecule has 1 aliphatic rings. The van der Waals surface area contributed by atoms with Crippen molar-refractivity contribution in [1.82, 2.24) is 24.5 Å². The molecule has 0 radical (unpaired) electrons. The van der Waals surface area contributed by atoms with Crippen LogP contribution in [0.25, 0.3) is 16.6 Å². The van der Waals surface area contributed by atoms with Crippen molar-refractivity contribution in [2.75, 3.05) is 6.54 Å². The minimum absolute atomic E-state index is 0.0188. The number of benzene rings is 1. The molecule has 0 unspecified atom stereocenters. The third-order valence-electron chi connectivity index (χ3n) is 5.14. The summed E-state index contributed by atoms with van der Waals surface area (Å²) in [6, 6.07) is 11.9. The molecule has 130 valence electrons. The maximum Gasteiger partial charge on any atom is 0.258 e. The Balaban J connectivity index is 1.52. The number of nitrogens with one attached hydrogen (secondary N) is 1. The maximum absolute atomic E-state index is 13.2. The summed E-state index contributed by atoms with van der Waals surface area (Å²) in [6.45, 7) is 2.81. The molecule has 0 saturated carbocycles. The van der Waals surface area contributed by atoms with Crippen LogP contribution in [0.5, 0.6) is 0 Å². The van der Waals surface area contributed by atoms with Crippen LogP contribution in [0.2, 0.25) is 0 Å². The summed E-state index contributed by atoms with van der Waals surface area (Å²) in [5, 5.41) is 4.30. The fourth-order valence-electron chi connectivity index (χ4n) is 3.85. The number of pyridine rings is 1.